The number of piperidine rings is 1. The first-order valence-electron chi connectivity index (χ1n) is 11.2. The van der Waals surface area contributed by atoms with Gasteiger partial charge < -0.3 is 20.1 Å². The first kappa shape index (κ1) is 21.6. The highest BCUT2D eigenvalue weighted by molar-refractivity contribution is 6.01. The van der Waals surface area contributed by atoms with Gasteiger partial charge >= 0.3 is 0 Å². The van der Waals surface area contributed by atoms with Crippen molar-refractivity contribution in [3.8, 4) is 11.5 Å². The fraction of sp³-hybridized carbons (Fsp3) is 0.480. The third-order valence-corrected chi connectivity index (χ3v) is 6.54. The van der Waals surface area contributed by atoms with Crippen LogP contribution in [-0.4, -0.2) is 32.2 Å². The molecule has 1 amide bonds. The van der Waals surface area contributed by atoms with Gasteiger partial charge in [0.2, 0.25) is 5.91 Å². The maximum absolute atomic E-state index is 14.3. The summed E-state index contributed by atoms with van der Waals surface area (Å²) in [5, 5.41) is 6.38. The predicted molar refractivity (Wildman–Crippen MR) is 119 cm³/mol. The molecule has 1 saturated carbocycles. The van der Waals surface area contributed by atoms with Crippen molar-refractivity contribution in [3.63, 3.8) is 0 Å². The average molecular weight is 427 g/mol. The van der Waals surface area contributed by atoms with Gasteiger partial charge in [0.05, 0.1) is 12.5 Å². The Kier molecular flexibility index (Phi) is 6.76. The molecular formula is C25H31FN2O3. The summed E-state index contributed by atoms with van der Waals surface area (Å²) in [6.45, 7) is 1.71. The first-order valence-corrected chi connectivity index (χ1v) is 11.2. The zero-order valence-corrected chi connectivity index (χ0v) is 18.1. The molecule has 5 nitrogen and oxygen atoms in total. The molecule has 0 unspecified atom stereocenters. The highest BCUT2D eigenvalue weighted by Crippen LogP contribution is 2.43. The Hall–Kier alpha value is -2.60. The number of halogens is 1. The van der Waals surface area contributed by atoms with Crippen LogP contribution in [0, 0.1) is 5.82 Å². The second-order valence-electron chi connectivity index (χ2n) is 8.51. The lowest BCUT2D eigenvalue weighted by atomic mass is 9.68. The van der Waals surface area contributed by atoms with E-state index in [9.17, 15) is 9.18 Å². The monoisotopic (exact) mass is 426 g/mol. The fourth-order valence-electron chi connectivity index (χ4n) is 4.82. The fourth-order valence-corrected chi connectivity index (χ4v) is 4.82. The molecule has 31 heavy (non-hydrogen) atoms. The molecule has 4 rings (SSSR count). The van der Waals surface area contributed by atoms with Crippen LogP contribution in [0.25, 0.3) is 0 Å². The van der Waals surface area contributed by atoms with Crippen molar-refractivity contribution in [2.24, 2.45) is 0 Å². The van der Waals surface area contributed by atoms with Crippen molar-refractivity contribution in [1.82, 2.24) is 5.32 Å². The number of rotatable bonds is 6. The first-order chi connectivity index (χ1) is 15.1. The van der Waals surface area contributed by atoms with E-state index in [1.807, 2.05) is 30.3 Å². The molecule has 1 saturated heterocycles. The van der Waals surface area contributed by atoms with Crippen LogP contribution in [0.2, 0.25) is 0 Å². The van der Waals surface area contributed by atoms with E-state index in [1.54, 1.807) is 0 Å². The largest absolute Gasteiger partial charge is 0.494 e. The van der Waals surface area contributed by atoms with Gasteiger partial charge in [0.1, 0.15) is 29.1 Å². The third kappa shape index (κ3) is 4.69. The molecular weight excluding hydrogens is 395 g/mol. The maximum Gasteiger partial charge on any atom is 0.235 e. The molecule has 166 valence electrons. The SMILES string of the molecule is COc1cc(F)cc(OC2CCNCC2)c1NC(=O)C1(c2ccccc2)CCCCC1. The van der Waals surface area contributed by atoms with Gasteiger partial charge in [-0.25, -0.2) is 4.39 Å². The molecule has 0 radical (unpaired) electrons. The third-order valence-electron chi connectivity index (χ3n) is 6.54. The number of benzene rings is 2. The van der Waals surface area contributed by atoms with Crippen LogP contribution in [0.5, 0.6) is 11.5 Å². The summed E-state index contributed by atoms with van der Waals surface area (Å²) in [4.78, 5) is 13.8. The van der Waals surface area contributed by atoms with E-state index >= 15 is 0 Å². The van der Waals surface area contributed by atoms with Crippen molar-refractivity contribution in [2.75, 3.05) is 25.5 Å². The van der Waals surface area contributed by atoms with E-state index in [4.69, 9.17) is 9.47 Å². The molecule has 2 aliphatic rings. The van der Waals surface area contributed by atoms with E-state index in [1.165, 1.54) is 19.2 Å². The van der Waals surface area contributed by atoms with Crippen molar-refractivity contribution < 1.29 is 18.7 Å². The topological polar surface area (TPSA) is 59.6 Å². The van der Waals surface area contributed by atoms with Crippen LogP contribution in [0.15, 0.2) is 42.5 Å². The second kappa shape index (κ2) is 9.69. The van der Waals surface area contributed by atoms with Crippen LogP contribution in [-0.2, 0) is 10.2 Å². The van der Waals surface area contributed by atoms with Crippen molar-refractivity contribution in [2.45, 2.75) is 56.5 Å². The number of anilines is 1. The normalized spacial score (nSPS) is 18.9. The molecule has 6 heteroatoms. The number of ether oxygens (including phenoxy) is 2. The molecule has 1 heterocycles. The Balaban J connectivity index is 1.67. The molecule has 2 N–H and O–H groups in total. The summed E-state index contributed by atoms with van der Waals surface area (Å²) < 4.78 is 25.9. The minimum Gasteiger partial charge on any atom is -0.494 e. The van der Waals surface area contributed by atoms with Gasteiger partial charge in [0, 0.05) is 12.1 Å². The molecule has 0 aromatic heterocycles. The number of methoxy groups -OCH3 is 1. The van der Waals surface area contributed by atoms with E-state index in [-0.39, 0.29) is 17.8 Å². The second-order valence-corrected chi connectivity index (χ2v) is 8.51. The van der Waals surface area contributed by atoms with Gasteiger partial charge in [-0.3, -0.25) is 4.79 Å². The average Bonchev–Trinajstić information content (AvgIpc) is 2.82. The summed E-state index contributed by atoms with van der Waals surface area (Å²) in [6.07, 6.45) is 6.35. The summed E-state index contributed by atoms with van der Waals surface area (Å²) in [7, 11) is 1.48. The molecule has 2 fully saturated rings. The molecule has 2 aromatic rings. The summed E-state index contributed by atoms with van der Waals surface area (Å²) in [5.74, 6) is 0.0696. The van der Waals surface area contributed by atoms with Crippen LogP contribution in [0.1, 0.15) is 50.5 Å². The number of nitrogens with one attached hydrogen (secondary N) is 2. The molecule has 0 bridgehead atoms. The van der Waals surface area contributed by atoms with Gasteiger partial charge in [-0.1, -0.05) is 49.6 Å². The minimum atomic E-state index is -0.606. The Labute approximate surface area is 183 Å². The van der Waals surface area contributed by atoms with Crippen LogP contribution in [0.3, 0.4) is 0 Å². The molecule has 0 spiro atoms. The van der Waals surface area contributed by atoms with E-state index < -0.39 is 11.2 Å². The quantitative estimate of drug-likeness (QED) is 0.696. The Morgan fingerprint density at radius 2 is 1.74 bits per heavy atom. The van der Waals surface area contributed by atoms with Crippen LogP contribution in [0.4, 0.5) is 10.1 Å². The number of amides is 1. The summed E-state index contributed by atoms with van der Waals surface area (Å²) >= 11 is 0. The highest BCUT2D eigenvalue weighted by Gasteiger charge is 2.41. The standard InChI is InChI=1S/C25H31FN2O3/c1-30-21-16-19(26)17-22(31-20-10-14-27-15-11-20)23(21)28-24(29)25(12-6-3-7-13-25)18-8-4-2-5-9-18/h2,4-5,8-9,16-17,20,27H,3,6-7,10-15H2,1H3,(H,28,29). The van der Waals surface area contributed by atoms with E-state index in [0.717, 1.165) is 63.6 Å². The summed E-state index contributed by atoms with van der Waals surface area (Å²) in [5.41, 5.74) is 0.827. The van der Waals surface area contributed by atoms with Crippen molar-refractivity contribution >= 4 is 11.6 Å². The highest BCUT2D eigenvalue weighted by atomic mass is 19.1. The molecule has 0 atom stereocenters. The van der Waals surface area contributed by atoms with Gasteiger partial charge in [0.25, 0.3) is 0 Å². The smallest absolute Gasteiger partial charge is 0.235 e. The van der Waals surface area contributed by atoms with Gasteiger partial charge in [0.15, 0.2) is 0 Å². The minimum absolute atomic E-state index is 0.0267. The summed E-state index contributed by atoms with van der Waals surface area (Å²) in [6, 6.07) is 12.6. The Morgan fingerprint density at radius 1 is 1.06 bits per heavy atom. The Morgan fingerprint density at radius 3 is 2.42 bits per heavy atom. The molecule has 1 aliphatic heterocycles. The number of hydrogen-bond donors (Lipinski definition) is 2. The molecule has 2 aromatic carbocycles. The van der Waals surface area contributed by atoms with Gasteiger partial charge in [-0.05, 0) is 44.3 Å². The van der Waals surface area contributed by atoms with Crippen LogP contribution >= 0.6 is 0 Å². The lowest BCUT2D eigenvalue weighted by molar-refractivity contribution is -0.122. The van der Waals surface area contributed by atoms with Gasteiger partial charge in [-0.2, -0.15) is 0 Å². The molecule has 1 aliphatic carbocycles. The van der Waals surface area contributed by atoms with Crippen molar-refractivity contribution in [3.05, 3.63) is 53.8 Å². The number of carbonyl (C=O) groups excluding carboxylic acids is 1. The number of hydrogen-bond acceptors (Lipinski definition) is 4. The van der Waals surface area contributed by atoms with E-state index in [0.29, 0.717) is 11.4 Å². The number of carbonyl (C=O) groups is 1. The lowest BCUT2D eigenvalue weighted by Crippen LogP contribution is -2.42. The van der Waals surface area contributed by atoms with E-state index in [2.05, 4.69) is 10.6 Å². The maximum atomic E-state index is 14.3. The van der Waals surface area contributed by atoms with Crippen molar-refractivity contribution in [1.29, 1.82) is 0 Å². The lowest BCUT2D eigenvalue weighted by Gasteiger charge is -2.36. The van der Waals surface area contributed by atoms with Gasteiger partial charge in [-0.15, -0.1) is 0 Å². The van der Waals surface area contributed by atoms with Crippen LogP contribution < -0.4 is 20.1 Å². The zero-order valence-electron chi connectivity index (χ0n) is 18.1. The predicted octanol–water partition coefficient (Wildman–Crippen LogP) is 4.81. The Bertz CT molecular complexity index is 891. The zero-order chi connectivity index (χ0) is 21.7.